The fourth-order valence-corrected chi connectivity index (χ4v) is 1.53. The second kappa shape index (κ2) is 5.84. The van der Waals surface area contributed by atoms with Crippen LogP contribution in [0.1, 0.15) is 16.8 Å². The van der Waals surface area contributed by atoms with Crippen LogP contribution in [0.2, 0.25) is 0 Å². The first kappa shape index (κ1) is 13.7. The number of terminal acetylenes is 1. The van der Waals surface area contributed by atoms with Gasteiger partial charge in [-0.3, -0.25) is 4.79 Å². The van der Waals surface area contributed by atoms with Gasteiger partial charge in [0.25, 0.3) is 0 Å². The number of likely N-dealkylation sites (N-methyl/N-ethyl adjacent to an activating group) is 1. The smallest absolute Gasteiger partial charge is 0.337 e. The predicted octanol–water partition coefficient (Wildman–Crippen LogP) is 0.698. The van der Waals surface area contributed by atoms with Crippen molar-refractivity contribution < 1.29 is 14.7 Å². The first-order valence-electron chi connectivity index (χ1n) is 5.28. The summed E-state index contributed by atoms with van der Waals surface area (Å²) in [5, 5.41) is 9.04. The van der Waals surface area contributed by atoms with Crippen molar-refractivity contribution in [1.82, 2.24) is 0 Å². The average molecular weight is 246 g/mol. The molecular formula is C13H14N2O3. The van der Waals surface area contributed by atoms with Crippen LogP contribution in [0.4, 0.5) is 5.69 Å². The fraction of sp³-hybridized carbons (Fsp3) is 0.231. The number of carboxylic acids is 1. The number of benzene rings is 1. The Balaban J connectivity index is 3.04. The summed E-state index contributed by atoms with van der Waals surface area (Å²) in [6.45, 7) is 0. The van der Waals surface area contributed by atoms with Gasteiger partial charge in [-0.05, 0) is 12.1 Å². The molecule has 1 rings (SSSR count). The second-order valence-electron chi connectivity index (χ2n) is 3.73. The molecular weight excluding hydrogens is 232 g/mol. The summed E-state index contributed by atoms with van der Waals surface area (Å²) < 4.78 is 0. The van der Waals surface area contributed by atoms with Crippen molar-refractivity contribution in [2.24, 2.45) is 5.73 Å². The Bertz CT molecular complexity index is 505. The third-order valence-electron chi connectivity index (χ3n) is 2.48. The molecule has 0 aliphatic rings. The van der Waals surface area contributed by atoms with E-state index >= 15 is 0 Å². The van der Waals surface area contributed by atoms with Crippen LogP contribution in [0, 0.1) is 12.3 Å². The molecule has 0 aliphatic heterocycles. The van der Waals surface area contributed by atoms with E-state index in [1.165, 1.54) is 18.0 Å². The molecule has 1 aromatic rings. The number of carboxylic acid groups (broad SMARTS) is 1. The summed E-state index contributed by atoms with van der Waals surface area (Å²) in [6, 6.07) is 5.38. The number of carbonyl (C=O) groups excluding carboxylic acids is 1. The number of amides is 1. The zero-order chi connectivity index (χ0) is 13.7. The van der Waals surface area contributed by atoms with Gasteiger partial charge in [-0.15, -0.1) is 12.3 Å². The first-order chi connectivity index (χ1) is 8.49. The van der Waals surface area contributed by atoms with Crippen LogP contribution < -0.4 is 10.6 Å². The molecule has 1 aromatic carbocycles. The maximum Gasteiger partial charge on any atom is 0.337 e. The lowest BCUT2D eigenvalue weighted by molar-refractivity contribution is -0.119. The molecule has 1 amide bonds. The average Bonchev–Trinajstić information content (AvgIpc) is 2.37. The number of carbonyl (C=O) groups is 2. The van der Waals surface area contributed by atoms with E-state index in [-0.39, 0.29) is 12.0 Å². The van der Waals surface area contributed by atoms with E-state index in [4.69, 9.17) is 17.3 Å². The third kappa shape index (κ3) is 2.87. The summed E-state index contributed by atoms with van der Waals surface area (Å²) >= 11 is 0. The van der Waals surface area contributed by atoms with Gasteiger partial charge < -0.3 is 15.7 Å². The molecule has 5 nitrogen and oxygen atoms in total. The van der Waals surface area contributed by atoms with Gasteiger partial charge in [0.2, 0.25) is 5.91 Å². The molecule has 0 spiro atoms. The molecule has 0 saturated heterocycles. The first-order valence-corrected chi connectivity index (χ1v) is 5.28. The lowest BCUT2D eigenvalue weighted by Gasteiger charge is -2.21. The molecule has 1 unspecified atom stereocenters. The normalized spacial score (nSPS) is 11.4. The van der Waals surface area contributed by atoms with E-state index in [1.807, 2.05) is 0 Å². The third-order valence-corrected chi connectivity index (χ3v) is 2.48. The highest BCUT2D eigenvalue weighted by Gasteiger charge is 2.21. The minimum absolute atomic E-state index is 0.0428. The number of nitrogens with zero attached hydrogens (tertiary/aromatic N) is 1. The number of hydrogen-bond acceptors (Lipinski definition) is 3. The van der Waals surface area contributed by atoms with Gasteiger partial charge in [-0.1, -0.05) is 12.1 Å². The molecule has 0 saturated carbocycles. The Morgan fingerprint density at radius 1 is 1.50 bits per heavy atom. The quantitative estimate of drug-likeness (QED) is 0.766. The van der Waals surface area contributed by atoms with Gasteiger partial charge in [0.1, 0.15) is 0 Å². The zero-order valence-electron chi connectivity index (χ0n) is 9.96. The van der Waals surface area contributed by atoms with Crippen molar-refractivity contribution >= 4 is 17.6 Å². The van der Waals surface area contributed by atoms with Gasteiger partial charge in [-0.25, -0.2) is 4.79 Å². The number of anilines is 1. The Kier molecular flexibility index (Phi) is 4.46. The summed E-state index contributed by atoms with van der Waals surface area (Å²) in [5.41, 5.74) is 5.95. The monoisotopic (exact) mass is 246 g/mol. The number of hydrogen-bond donors (Lipinski definition) is 2. The van der Waals surface area contributed by atoms with Crippen molar-refractivity contribution in [3.05, 3.63) is 29.8 Å². The maximum absolute atomic E-state index is 11.9. The predicted molar refractivity (Wildman–Crippen MR) is 68.2 cm³/mol. The van der Waals surface area contributed by atoms with Gasteiger partial charge in [0.05, 0.1) is 17.3 Å². The molecule has 5 heteroatoms. The van der Waals surface area contributed by atoms with E-state index in [0.29, 0.717) is 5.69 Å². The fourth-order valence-electron chi connectivity index (χ4n) is 1.53. The molecule has 0 bridgehead atoms. The minimum atomic E-state index is -1.10. The highest BCUT2D eigenvalue weighted by molar-refractivity contribution is 6.03. The molecule has 0 aromatic heterocycles. The molecule has 18 heavy (non-hydrogen) atoms. The van der Waals surface area contributed by atoms with Crippen LogP contribution in [0.25, 0.3) is 0 Å². The van der Waals surface area contributed by atoms with Gasteiger partial charge in [0.15, 0.2) is 0 Å². The number of para-hydroxylation sites is 1. The van der Waals surface area contributed by atoms with Gasteiger partial charge >= 0.3 is 5.97 Å². The highest BCUT2D eigenvalue weighted by atomic mass is 16.4. The molecule has 0 radical (unpaired) electrons. The second-order valence-corrected chi connectivity index (χ2v) is 3.73. The Labute approximate surface area is 105 Å². The standard InChI is InChI=1S/C13H14N2O3/c1-3-6-10(14)12(16)15(2)11-8-5-4-7-9(11)13(17)18/h1,4-5,7-8,10H,6,14H2,2H3,(H,17,18). The molecule has 3 N–H and O–H groups in total. The summed E-state index contributed by atoms with van der Waals surface area (Å²) in [4.78, 5) is 24.2. The number of rotatable bonds is 4. The van der Waals surface area contributed by atoms with E-state index in [2.05, 4.69) is 5.92 Å². The van der Waals surface area contributed by atoms with E-state index in [0.717, 1.165) is 0 Å². The summed E-state index contributed by atoms with van der Waals surface area (Å²) in [6.07, 6.45) is 5.20. The molecule has 0 fully saturated rings. The van der Waals surface area contributed by atoms with Crippen LogP contribution >= 0.6 is 0 Å². The van der Waals surface area contributed by atoms with Crippen LogP contribution in [0.3, 0.4) is 0 Å². The Morgan fingerprint density at radius 2 is 2.11 bits per heavy atom. The lowest BCUT2D eigenvalue weighted by atomic mass is 10.1. The van der Waals surface area contributed by atoms with Crippen LogP contribution in [-0.2, 0) is 4.79 Å². The Morgan fingerprint density at radius 3 is 2.67 bits per heavy atom. The zero-order valence-corrected chi connectivity index (χ0v) is 9.96. The number of nitrogens with two attached hydrogens (primary N) is 1. The van der Waals surface area contributed by atoms with Crippen molar-refractivity contribution in [2.75, 3.05) is 11.9 Å². The number of aromatic carboxylic acids is 1. The van der Waals surface area contributed by atoms with Crippen LogP contribution in [-0.4, -0.2) is 30.1 Å². The van der Waals surface area contributed by atoms with Crippen LogP contribution in [0.5, 0.6) is 0 Å². The van der Waals surface area contributed by atoms with E-state index in [1.54, 1.807) is 18.2 Å². The molecule has 94 valence electrons. The van der Waals surface area contributed by atoms with Crippen LogP contribution in [0.15, 0.2) is 24.3 Å². The van der Waals surface area contributed by atoms with Crippen molar-refractivity contribution in [3.8, 4) is 12.3 Å². The van der Waals surface area contributed by atoms with Gasteiger partial charge in [0, 0.05) is 13.5 Å². The van der Waals surface area contributed by atoms with Crippen molar-refractivity contribution in [1.29, 1.82) is 0 Å². The maximum atomic E-state index is 11.9. The topological polar surface area (TPSA) is 83.6 Å². The highest BCUT2D eigenvalue weighted by Crippen LogP contribution is 2.19. The van der Waals surface area contributed by atoms with E-state index < -0.39 is 17.9 Å². The van der Waals surface area contributed by atoms with Crippen molar-refractivity contribution in [2.45, 2.75) is 12.5 Å². The Hall–Kier alpha value is -2.32. The van der Waals surface area contributed by atoms with Crippen molar-refractivity contribution in [3.63, 3.8) is 0 Å². The molecule has 1 atom stereocenters. The molecule has 0 aliphatic carbocycles. The lowest BCUT2D eigenvalue weighted by Crippen LogP contribution is -2.42. The minimum Gasteiger partial charge on any atom is -0.478 e. The largest absolute Gasteiger partial charge is 0.478 e. The van der Waals surface area contributed by atoms with E-state index in [9.17, 15) is 9.59 Å². The summed E-state index contributed by atoms with van der Waals surface area (Å²) in [7, 11) is 1.47. The summed E-state index contributed by atoms with van der Waals surface area (Å²) in [5.74, 6) is 0.787. The SMILES string of the molecule is C#CCC(N)C(=O)N(C)c1ccccc1C(=O)O. The van der Waals surface area contributed by atoms with Gasteiger partial charge in [-0.2, -0.15) is 0 Å². The molecule has 0 heterocycles.